The number of hydrogen-bond acceptors (Lipinski definition) is 3. The molecule has 0 radical (unpaired) electrons. The second kappa shape index (κ2) is 7.33. The normalized spacial score (nSPS) is 22.5. The minimum atomic E-state index is -0.648. The number of nitrogens with zero attached hydrogens (tertiary/aromatic N) is 1. The quantitative estimate of drug-likeness (QED) is 0.666. The minimum Gasteiger partial charge on any atom is -0.376 e. The van der Waals surface area contributed by atoms with E-state index >= 15 is 0 Å². The number of carbonyl (C=O) groups is 1. The molecule has 1 fully saturated rings. The molecule has 5 heteroatoms. The topological polar surface area (TPSA) is 51.2 Å². The fourth-order valence-electron chi connectivity index (χ4n) is 2.55. The van der Waals surface area contributed by atoms with Crippen LogP contribution in [0.15, 0.2) is 18.3 Å². The Morgan fingerprint density at radius 1 is 1.50 bits per heavy atom. The molecule has 110 valence electrons. The molecule has 1 heterocycles. The van der Waals surface area contributed by atoms with E-state index in [1.54, 1.807) is 0 Å². The molecule has 0 bridgehead atoms. The Hall–Kier alpha value is -1.49. The molecule has 2 rings (SSSR count). The highest BCUT2D eigenvalue weighted by Gasteiger charge is 2.21. The predicted molar refractivity (Wildman–Crippen MR) is 73.9 cm³/mol. The Kier molecular flexibility index (Phi) is 5.47. The summed E-state index contributed by atoms with van der Waals surface area (Å²) in [5, 5.41) is 2.72. The Balaban J connectivity index is 1.69. The van der Waals surface area contributed by atoms with E-state index in [0.717, 1.165) is 12.5 Å². The highest BCUT2D eigenvalue weighted by Crippen LogP contribution is 2.25. The fraction of sp³-hybridized carbons (Fsp3) is 0.600. The second-order valence-corrected chi connectivity index (χ2v) is 5.29. The molecule has 20 heavy (non-hydrogen) atoms. The fourth-order valence-corrected chi connectivity index (χ4v) is 2.55. The summed E-state index contributed by atoms with van der Waals surface area (Å²) < 4.78 is 18.7. The van der Waals surface area contributed by atoms with E-state index in [9.17, 15) is 9.18 Å². The first-order chi connectivity index (χ1) is 9.66. The van der Waals surface area contributed by atoms with Crippen LogP contribution in [0, 0.1) is 11.9 Å². The van der Waals surface area contributed by atoms with Crippen LogP contribution in [-0.2, 0) is 4.74 Å². The Morgan fingerprint density at radius 3 is 3.05 bits per heavy atom. The number of aromatic nitrogens is 1. The van der Waals surface area contributed by atoms with Gasteiger partial charge in [0.1, 0.15) is 0 Å². The number of rotatable bonds is 5. The van der Waals surface area contributed by atoms with Gasteiger partial charge in [-0.1, -0.05) is 19.8 Å². The van der Waals surface area contributed by atoms with Crippen LogP contribution in [0.1, 0.15) is 43.0 Å². The van der Waals surface area contributed by atoms with E-state index in [-0.39, 0.29) is 11.5 Å². The van der Waals surface area contributed by atoms with E-state index in [0.29, 0.717) is 25.2 Å². The molecule has 4 nitrogen and oxygen atoms in total. The largest absolute Gasteiger partial charge is 0.376 e. The SMILES string of the molecule is C[C@H]1CCCC[C@H]1OCCNC(=O)c1ccnc(F)c1. The highest BCUT2D eigenvalue weighted by atomic mass is 19.1. The first-order valence-corrected chi connectivity index (χ1v) is 7.18. The van der Waals surface area contributed by atoms with Crippen LogP contribution in [-0.4, -0.2) is 30.1 Å². The summed E-state index contributed by atoms with van der Waals surface area (Å²) >= 11 is 0. The molecule has 0 spiro atoms. The Bertz CT molecular complexity index is 453. The van der Waals surface area contributed by atoms with Crippen molar-refractivity contribution in [1.29, 1.82) is 0 Å². The van der Waals surface area contributed by atoms with Crippen LogP contribution in [0.3, 0.4) is 0 Å². The summed E-state index contributed by atoms with van der Waals surface area (Å²) in [5.41, 5.74) is 0.281. The Morgan fingerprint density at radius 2 is 2.30 bits per heavy atom. The maximum absolute atomic E-state index is 12.9. The predicted octanol–water partition coefficient (Wildman–Crippen LogP) is 2.55. The van der Waals surface area contributed by atoms with Crippen molar-refractivity contribution in [3.8, 4) is 0 Å². The molecule has 1 N–H and O–H groups in total. The lowest BCUT2D eigenvalue weighted by Crippen LogP contribution is -2.31. The van der Waals surface area contributed by atoms with E-state index in [1.165, 1.54) is 31.5 Å². The van der Waals surface area contributed by atoms with Crippen molar-refractivity contribution in [3.63, 3.8) is 0 Å². The molecule has 0 aliphatic heterocycles. The van der Waals surface area contributed by atoms with E-state index in [1.807, 2.05) is 0 Å². The third-order valence-electron chi connectivity index (χ3n) is 3.74. The number of nitrogens with one attached hydrogen (secondary N) is 1. The van der Waals surface area contributed by atoms with Gasteiger partial charge in [0.15, 0.2) is 0 Å². The van der Waals surface area contributed by atoms with Gasteiger partial charge in [-0.05, 0) is 24.8 Å². The summed E-state index contributed by atoms with van der Waals surface area (Å²) in [4.78, 5) is 15.2. The van der Waals surface area contributed by atoms with E-state index < -0.39 is 5.95 Å². The molecular formula is C15H21FN2O2. The molecule has 0 unspecified atom stereocenters. The molecule has 2 atom stereocenters. The van der Waals surface area contributed by atoms with Crippen molar-refractivity contribution in [2.75, 3.05) is 13.2 Å². The molecule has 0 aromatic carbocycles. The average Bonchev–Trinajstić information content (AvgIpc) is 2.45. The summed E-state index contributed by atoms with van der Waals surface area (Å²) in [6, 6.07) is 2.61. The average molecular weight is 280 g/mol. The maximum atomic E-state index is 12.9. The smallest absolute Gasteiger partial charge is 0.251 e. The van der Waals surface area contributed by atoms with Gasteiger partial charge in [0, 0.05) is 24.4 Å². The zero-order valence-electron chi connectivity index (χ0n) is 11.8. The summed E-state index contributed by atoms with van der Waals surface area (Å²) in [5.74, 6) is -0.356. The van der Waals surface area contributed by atoms with Crippen molar-refractivity contribution in [2.24, 2.45) is 5.92 Å². The number of pyridine rings is 1. The molecule has 1 aromatic heterocycles. The molecule has 1 aromatic rings. The van der Waals surface area contributed by atoms with Crippen molar-refractivity contribution in [2.45, 2.75) is 38.7 Å². The van der Waals surface area contributed by atoms with E-state index in [4.69, 9.17) is 4.74 Å². The number of carbonyl (C=O) groups excluding carboxylic acids is 1. The van der Waals surface area contributed by atoms with Crippen molar-refractivity contribution < 1.29 is 13.9 Å². The van der Waals surface area contributed by atoms with Gasteiger partial charge in [-0.2, -0.15) is 4.39 Å². The van der Waals surface area contributed by atoms with Gasteiger partial charge in [0.25, 0.3) is 5.91 Å². The monoisotopic (exact) mass is 280 g/mol. The van der Waals surface area contributed by atoms with Gasteiger partial charge >= 0.3 is 0 Å². The van der Waals surface area contributed by atoms with Gasteiger partial charge in [-0.3, -0.25) is 4.79 Å². The summed E-state index contributed by atoms with van der Waals surface area (Å²) in [6.45, 7) is 3.14. The van der Waals surface area contributed by atoms with E-state index in [2.05, 4.69) is 17.2 Å². The first kappa shape index (κ1) is 14.9. The zero-order valence-corrected chi connectivity index (χ0v) is 11.8. The third-order valence-corrected chi connectivity index (χ3v) is 3.74. The second-order valence-electron chi connectivity index (χ2n) is 5.29. The Labute approximate surface area is 118 Å². The third kappa shape index (κ3) is 4.27. The number of halogens is 1. The first-order valence-electron chi connectivity index (χ1n) is 7.18. The van der Waals surface area contributed by atoms with Crippen molar-refractivity contribution >= 4 is 5.91 Å². The molecule has 1 saturated carbocycles. The van der Waals surface area contributed by atoms with Crippen LogP contribution >= 0.6 is 0 Å². The van der Waals surface area contributed by atoms with Crippen LogP contribution in [0.25, 0.3) is 0 Å². The number of ether oxygens (including phenoxy) is 1. The minimum absolute atomic E-state index is 0.281. The molecule has 1 aliphatic carbocycles. The lowest BCUT2D eigenvalue weighted by molar-refractivity contribution is -0.00293. The van der Waals surface area contributed by atoms with Crippen molar-refractivity contribution in [3.05, 3.63) is 29.8 Å². The summed E-state index contributed by atoms with van der Waals surface area (Å²) in [7, 11) is 0. The molecule has 1 amide bonds. The van der Waals surface area contributed by atoms with Crippen LogP contribution in [0.5, 0.6) is 0 Å². The zero-order chi connectivity index (χ0) is 14.4. The highest BCUT2D eigenvalue weighted by molar-refractivity contribution is 5.93. The molecule has 0 saturated heterocycles. The maximum Gasteiger partial charge on any atom is 0.251 e. The number of hydrogen-bond donors (Lipinski definition) is 1. The van der Waals surface area contributed by atoms with Crippen LogP contribution in [0.2, 0.25) is 0 Å². The number of amides is 1. The lowest BCUT2D eigenvalue weighted by atomic mass is 9.88. The molecule has 1 aliphatic rings. The van der Waals surface area contributed by atoms with Crippen LogP contribution < -0.4 is 5.32 Å². The van der Waals surface area contributed by atoms with Crippen molar-refractivity contribution in [1.82, 2.24) is 10.3 Å². The lowest BCUT2D eigenvalue weighted by Gasteiger charge is -2.28. The van der Waals surface area contributed by atoms with Gasteiger partial charge in [-0.15, -0.1) is 0 Å². The van der Waals surface area contributed by atoms with Gasteiger partial charge in [0.2, 0.25) is 5.95 Å². The summed E-state index contributed by atoms with van der Waals surface area (Å²) in [6.07, 6.45) is 6.41. The van der Waals surface area contributed by atoms with Crippen LogP contribution in [0.4, 0.5) is 4.39 Å². The standard InChI is InChI=1S/C15H21FN2O2/c1-11-4-2-3-5-13(11)20-9-8-18-15(19)12-6-7-17-14(16)10-12/h6-7,10-11,13H,2-5,8-9H2,1H3,(H,18,19)/t11-,13+/m0/s1. The molecular weight excluding hydrogens is 259 g/mol. The van der Waals surface area contributed by atoms with Gasteiger partial charge in [0.05, 0.1) is 12.7 Å². The van der Waals surface area contributed by atoms with Gasteiger partial charge < -0.3 is 10.1 Å². The van der Waals surface area contributed by atoms with Gasteiger partial charge in [-0.25, -0.2) is 4.98 Å².